The molecular weight excluding hydrogens is 304 g/mol. The first kappa shape index (κ1) is 16.8. The minimum atomic E-state index is -0.528. The fourth-order valence-corrected chi connectivity index (χ4v) is 2.92. The molecule has 0 aromatic carbocycles. The molecule has 7 heteroatoms. The highest BCUT2D eigenvalue weighted by Crippen LogP contribution is 2.18. The van der Waals surface area contributed by atoms with Gasteiger partial charge in [0.1, 0.15) is 5.03 Å². The second kappa shape index (κ2) is 7.60. The van der Waals surface area contributed by atoms with Crippen LogP contribution in [0.25, 0.3) is 0 Å². The Morgan fingerprint density at radius 2 is 2.09 bits per heavy atom. The summed E-state index contributed by atoms with van der Waals surface area (Å²) in [4.78, 5) is 30.0. The van der Waals surface area contributed by atoms with Crippen LogP contribution in [0.4, 0.5) is 0 Å². The summed E-state index contributed by atoms with van der Waals surface area (Å²) in [7, 11) is 0. The fraction of sp³-hybridized carbons (Fsp3) is 0.533. The van der Waals surface area contributed by atoms with E-state index in [0.29, 0.717) is 23.7 Å². The molecule has 0 spiro atoms. The van der Waals surface area contributed by atoms with Crippen LogP contribution in [0.3, 0.4) is 0 Å². The molecule has 2 rings (SSSR count). The zero-order valence-electron chi connectivity index (χ0n) is 12.9. The number of carbonyl (C=O) groups is 2. The van der Waals surface area contributed by atoms with Gasteiger partial charge in [-0.25, -0.2) is 9.78 Å². The van der Waals surface area contributed by atoms with E-state index in [2.05, 4.69) is 4.98 Å². The zero-order chi connectivity index (χ0) is 16.1. The lowest BCUT2D eigenvalue weighted by molar-refractivity contribution is -0.146. The maximum atomic E-state index is 12.2. The number of rotatable bonds is 4. The van der Waals surface area contributed by atoms with E-state index in [1.165, 1.54) is 11.8 Å². The Kier molecular flexibility index (Phi) is 5.79. The van der Waals surface area contributed by atoms with E-state index in [0.717, 1.165) is 0 Å². The van der Waals surface area contributed by atoms with Crippen LogP contribution in [0.2, 0.25) is 0 Å². The molecule has 1 aliphatic rings. The van der Waals surface area contributed by atoms with Gasteiger partial charge in [-0.3, -0.25) is 4.79 Å². The lowest BCUT2D eigenvalue weighted by atomic mass is 10.2. The van der Waals surface area contributed by atoms with E-state index in [4.69, 9.17) is 9.47 Å². The van der Waals surface area contributed by atoms with Gasteiger partial charge in [0.25, 0.3) is 5.91 Å². The number of pyridine rings is 1. The topological polar surface area (TPSA) is 68.7 Å². The first-order valence-electron chi connectivity index (χ1n) is 7.10. The molecule has 0 aliphatic carbocycles. The Bertz CT molecular complexity index is 542. The van der Waals surface area contributed by atoms with E-state index in [1.807, 2.05) is 20.1 Å². The molecule has 120 valence electrons. The number of amides is 1. The number of aromatic nitrogens is 1. The summed E-state index contributed by atoms with van der Waals surface area (Å²) in [5, 5.41) is 0.591. The van der Waals surface area contributed by atoms with Crippen molar-refractivity contribution < 1.29 is 19.1 Å². The van der Waals surface area contributed by atoms with Crippen LogP contribution in [0.1, 0.15) is 24.2 Å². The van der Waals surface area contributed by atoms with Crippen molar-refractivity contribution in [1.29, 1.82) is 0 Å². The van der Waals surface area contributed by atoms with Crippen molar-refractivity contribution in [2.45, 2.75) is 31.1 Å². The molecule has 0 bridgehead atoms. The number of hydrogen-bond acceptors (Lipinski definition) is 6. The number of thioether (sulfide) groups is 1. The number of morpholine rings is 1. The van der Waals surface area contributed by atoms with Crippen LogP contribution in [0, 0.1) is 0 Å². The van der Waals surface area contributed by atoms with Crippen LogP contribution in [0.5, 0.6) is 0 Å². The summed E-state index contributed by atoms with van der Waals surface area (Å²) in [6.07, 6.45) is 3.43. The normalized spacial score (nSPS) is 21.5. The lowest BCUT2D eigenvalue weighted by Crippen LogP contribution is -2.49. The second-order valence-electron chi connectivity index (χ2n) is 5.19. The predicted octanol–water partition coefficient (Wildman–Crippen LogP) is 1.60. The van der Waals surface area contributed by atoms with Crippen molar-refractivity contribution in [1.82, 2.24) is 9.88 Å². The van der Waals surface area contributed by atoms with Gasteiger partial charge in [0, 0.05) is 19.3 Å². The van der Waals surface area contributed by atoms with E-state index in [1.54, 1.807) is 23.2 Å². The van der Waals surface area contributed by atoms with Crippen LogP contribution in [0.15, 0.2) is 23.4 Å². The second-order valence-corrected chi connectivity index (χ2v) is 5.99. The molecular formula is C15H20N2O4S. The number of hydrogen-bond donors (Lipinski definition) is 0. The summed E-state index contributed by atoms with van der Waals surface area (Å²) >= 11 is 1.36. The van der Waals surface area contributed by atoms with Crippen molar-refractivity contribution in [3.8, 4) is 0 Å². The van der Waals surface area contributed by atoms with E-state index in [9.17, 15) is 9.59 Å². The largest absolute Gasteiger partial charge is 0.452 e. The van der Waals surface area contributed by atoms with Crippen molar-refractivity contribution in [2.75, 3.05) is 26.0 Å². The molecule has 0 saturated carbocycles. The maximum absolute atomic E-state index is 12.2. The van der Waals surface area contributed by atoms with Crippen LogP contribution >= 0.6 is 11.8 Å². The minimum Gasteiger partial charge on any atom is -0.452 e. The predicted molar refractivity (Wildman–Crippen MR) is 82.9 cm³/mol. The molecule has 1 saturated heterocycles. The van der Waals surface area contributed by atoms with Gasteiger partial charge in [-0.1, -0.05) is 0 Å². The standard InChI is InChI=1S/C15H20N2O4S/c1-10-7-17(8-11(2)21-10)13(18)9-20-15(19)12-5-4-6-16-14(12)22-3/h4-6,10-11H,7-9H2,1-3H3. The Morgan fingerprint density at radius 1 is 1.41 bits per heavy atom. The number of esters is 1. The third-order valence-electron chi connectivity index (χ3n) is 3.28. The zero-order valence-corrected chi connectivity index (χ0v) is 13.8. The average molecular weight is 324 g/mol. The highest BCUT2D eigenvalue weighted by atomic mass is 32.2. The molecule has 2 heterocycles. The molecule has 1 fully saturated rings. The molecule has 1 aromatic heterocycles. The number of carbonyl (C=O) groups excluding carboxylic acids is 2. The number of ether oxygens (including phenoxy) is 2. The third-order valence-corrected chi connectivity index (χ3v) is 4.00. The first-order chi connectivity index (χ1) is 10.5. The summed E-state index contributed by atoms with van der Waals surface area (Å²) in [5.74, 6) is -0.731. The van der Waals surface area contributed by atoms with Gasteiger partial charge in [-0.15, -0.1) is 11.8 Å². The summed E-state index contributed by atoms with van der Waals surface area (Å²) in [5.41, 5.74) is 0.381. The third kappa shape index (κ3) is 4.20. The Labute approximate surface area is 134 Å². The van der Waals surface area contributed by atoms with E-state index in [-0.39, 0.29) is 24.7 Å². The van der Waals surface area contributed by atoms with Gasteiger partial charge >= 0.3 is 5.97 Å². The summed E-state index contributed by atoms with van der Waals surface area (Å²) in [6.45, 7) is 4.61. The minimum absolute atomic E-state index is 0.00943. The van der Waals surface area contributed by atoms with E-state index < -0.39 is 5.97 Å². The molecule has 0 radical (unpaired) electrons. The molecule has 2 unspecified atom stereocenters. The summed E-state index contributed by atoms with van der Waals surface area (Å²) < 4.78 is 10.7. The van der Waals surface area contributed by atoms with Crippen molar-refractivity contribution in [2.24, 2.45) is 0 Å². The van der Waals surface area contributed by atoms with Crippen LogP contribution < -0.4 is 0 Å². The van der Waals surface area contributed by atoms with Crippen molar-refractivity contribution in [3.05, 3.63) is 23.9 Å². The lowest BCUT2D eigenvalue weighted by Gasteiger charge is -2.35. The van der Waals surface area contributed by atoms with Crippen LogP contribution in [-0.2, 0) is 14.3 Å². The molecule has 2 atom stereocenters. The molecule has 1 aliphatic heterocycles. The highest BCUT2D eigenvalue weighted by molar-refractivity contribution is 7.98. The Hall–Kier alpha value is -1.60. The monoisotopic (exact) mass is 324 g/mol. The fourth-order valence-electron chi connectivity index (χ4n) is 2.39. The average Bonchev–Trinajstić information content (AvgIpc) is 2.51. The molecule has 1 aromatic rings. The Balaban J connectivity index is 1.92. The number of nitrogens with zero attached hydrogens (tertiary/aromatic N) is 2. The van der Waals surface area contributed by atoms with Gasteiger partial charge in [0.15, 0.2) is 6.61 Å². The van der Waals surface area contributed by atoms with Gasteiger partial charge in [0.2, 0.25) is 0 Å². The van der Waals surface area contributed by atoms with Gasteiger partial charge in [0.05, 0.1) is 17.8 Å². The summed E-state index contributed by atoms with van der Waals surface area (Å²) in [6, 6.07) is 3.31. The Morgan fingerprint density at radius 3 is 2.73 bits per heavy atom. The maximum Gasteiger partial charge on any atom is 0.341 e. The molecule has 1 amide bonds. The highest BCUT2D eigenvalue weighted by Gasteiger charge is 2.26. The first-order valence-corrected chi connectivity index (χ1v) is 8.33. The quantitative estimate of drug-likeness (QED) is 0.619. The van der Waals surface area contributed by atoms with Gasteiger partial charge in [-0.05, 0) is 32.2 Å². The molecule has 22 heavy (non-hydrogen) atoms. The molecule has 0 N–H and O–H groups in total. The smallest absolute Gasteiger partial charge is 0.341 e. The van der Waals surface area contributed by atoms with E-state index >= 15 is 0 Å². The van der Waals surface area contributed by atoms with Crippen molar-refractivity contribution >= 4 is 23.6 Å². The SMILES string of the molecule is CSc1ncccc1C(=O)OCC(=O)N1CC(C)OC(C)C1. The van der Waals surface area contributed by atoms with Gasteiger partial charge < -0.3 is 14.4 Å². The molecule has 6 nitrogen and oxygen atoms in total. The van der Waals surface area contributed by atoms with Crippen LogP contribution in [-0.4, -0.2) is 59.9 Å². The van der Waals surface area contributed by atoms with Crippen molar-refractivity contribution in [3.63, 3.8) is 0 Å². The van der Waals surface area contributed by atoms with Gasteiger partial charge in [-0.2, -0.15) is 0 Å².